The van der Waals surface area contributed by atoms with Gasteiger partial charge in [0.1, 0.15) is 0 Å². The van der Waals surface area contributed by atoms with Gasteiger partial charge in [-0.1, -0.05) is 12.1 Å². The van der Waals surface area contributed by atoms with E-state index in [1.807, 2.05) is 11.7 Å². The third-order valence-electron chi connectivity index (χ3n) is 3.80. The number of halogens is 1. The van der Waals surface area contributed by atoms with Crippen molar-refractivity contribution in [2.24, 2.45) is 7.05 Å². The molecule has 1 heterocycles. The maximum Gasteiger partial charge on any atom is 0.242 e. The molecule has 0 saturated heterocycles. The van der Waals surface area contributed by atoms with Crippen LogP contribution in [0.3, 0.4) is 0 Å². The summed E-state index contributed by atoms with van der Waals surface area (Å²) in [5, 5.41) is 4.24. The van der Waals surface area contributed by atoms with Gasteiger partial charge in [0.25, 0.3) is 0 Å². The van der Waals surface area contributed by atoms with E-state index in [0.717, 1.165) is 30.5 Å². The molecule has 1 aliphatic carbocycles. The minimum absolute atomic E-state index is 0.209. The van der Waals surface area contributed by atoms with Crippen molar-refractivity contribution in [1.82, 2.24) is 14.5 Å². The molecule has 7 heteroatoms. The Balaban J connectivity index is 1.93. The Kier molecular flexibility index (Phi) is 3.90. The predicted molar refractivity (Wildman–Crippen MR) is 83.4 cm³/mol. The molecular formula is C14H16BrN3O2S. The monoisotopic (exact) mass is 369 g/mol. The van der Waals surface area contributed by atoms with Crippen molar-refractivity contribution >= 4 is 26.0 Å². The Labute approximate surface area is 132 Å². The smallest absolute Gasteiger partial charge is 0.242 e. The van der Waals surface area contributed by atoms with Crippen molar-refractivity contribution in [3.63, 3.8) is 0 Å². The summed E-state index contributed by atoms with van der Waals surface area (Å²) in [5.74, 6) is 0. The molecule has 5 nitrogen and oxygen atoms in total. The Bertz CT molecular complexity index is 770. The summed E-state index contributed by atoms with van der Waals surface area (Å²) in [6.07, 6.45) is 4.46. The molecule has 0 amide bonds. The van der Waals surface area contributed by atoms with E-state index in [1.165, 1.54) is 0 Å². The minimum atomic E-state index is -3.56. The van der Waals surface area contributed by atoms with Gasteiger partial charge in [0.05, 0.1) is 17.1 Å². The normalized spacial score (nSPS) is 18.5. The topological polar surface area (TPSA) is 64.0 Å². The van der Waals surface area contributed by atoms with Crippen LogP contribution in [0.4, 0.5) is 0 Å². The van der Waals surface area contributed by atoms with Crippen molar-refractivity contribution in [1.29, 1.82) is 0 Å². The fourth-order valence-electron chi connectivity index (χ4n) is 2.74. The first-order valence-electron chi connectivity index (χ1n) is 6.76. The van der Waals surface area contributed by atoms with Gasteiger partial charge in [-0.3, -0.25) is 4.68 Å². The van der Waals surface area contributed by atoms with Crippen LogP contribution in [0.1, 0.15) is 30.1 Å². The van der Waals surface area contributed by atoms with Crippen LogP contribution < -0.4 is 4.72 Å². The quantitative estimate of drug-likeness (QED) is 0.903. The number of aryl methyl sites for hydroxylation is 1. The van der Waals surface area contributed by atoms with Crippen molar-refractivity contribution < 1.29 is 8.42 Å². The van der Waals surface area contributed by atoms with Crippen LogP contribution in [-0.4, -0.2) is 18.2 Å². The number of sulfonamides is 1. The van der Waals surface area contributed by atoms with E-state index < -0.39 is 10.0 Å². The average molecular weight is 370 g/mol. The van der Waals surface area contributed by atoms with Gasteiger partial charge in [-0.25, -0.2) is 13.1 Å². The third-order valence-corrected chi connectivity index (χ3v) is 6.28. The van der Waals surface area contributed by atoms with Gasteiger partial charge in [0, 0.05) is 22.8 Å². The molecule has 0 spiro atoms. The molecule has 0 fully saturated rings. The van der Waals surface area contributed by atoms with Crippen molar-refractivity contribution in [2.75, 3.05) is 0 Å². The van der Waals surface area contributed by atoms with Crippen LogP contribution in [0.5, 0.6) is 0 Å². The number of nitrogens with one attached hydrogen (secondary N) is 1. The van der Waals surface area contributed by atoms with E-state index in [2.05, 4.69) is 25.8 Å². The van der Waals surface area contributed by atoms with Gasteiger partial charge >= 0.3 is 0 Å². The summed E-state index contributed by atoms with van der Waals surface area (Å²) in [4.78, 5) is 0.265. The molecule has 0 radical (unpaired) electrons. The lowest BCUT2D eigenvalue weighted by atomic mass is 9.94. The van der Waals surface area contributed by atoms with E-state index in [-0.39, 0.29) is 10.9 Å². The lowest BCUT2D eigenvalue weighted by Gasteiger charge is -2.23. The number of hydrogen-bond donors (Lipinski definition) is 1. The fourth-order valence-corrected chi connectivity index (χ4v) is 4.99. The molecule has 3 rings (SSSR count). The highest BCUT2D eigenvalue weighted by Crippen LogP contribution is 2.31. The largest absolute Gasteiger partial charge is 0.272 e. The molecule has 0 saturated carbocycles. The first-order valence-corrected chi connectivity index (χ1v) is 9.04. The molecular weight excluding hydrogens is 354 g/mol. The third kappa shape index (κ3) is 2.77. The van der Waals surface area contributed by atoms with E-state index >= 15 is 0 Å². The summed E-state index contributed by atoms with van der Waals surface area (Å²) in [5.41, 5.74) is 2.10. The number of hydrogen-bond acceptors (Lipinski definition) is 3. The minimum Gasteiger partial charge on any atom is -0.272 e. The second-order valence-electron chi connectivity index (χ2n) is 5.17. The van der Waals surface area contributed by atoms with Gasteiger partial charge in [0.2, 0.25) is 10.0 Å². The number of rotatable bonds is 3. The van der Waals surface area contributed by atoms with Crippen LogP contribution >= 0.6 is 15.9 Å². The highest BCUT2D eigenvalue weighted by Gasteiger charge is 2.28. The van der Waals surface area contributed by atoms with Crippen molar-refractivity contribution in [2.45, 2.75) is 30.2 Å². The molecule has 112 valence electrons. The second-order valence-corrected chi connectivity index (χ2v) is 7.70. The first kappa shape index (κ1) is 14.7. The molecule has 1 aromatic carbocycles. The molecule has 0 bridgehead atoms. The Morgan fingerprint density at radius 3 is 2.90 bits per heavy atom. The second kappa shape index (κ2) is 5.55. The summed E-state index contributed by atoms with van der Waals surface area (Å²) < 4.78 is 30.3. The van der Waals surface area contributed by atoms with Crippen LogP contribution in [0.15, 0.2) is 39.8 Å². The average Bonchev–Trinajstić information content (AvgIpc) is 2.82. The first-order chi connectivity index (χ1) is 9.99. The molecule has 21 heavy (non-hydrogen) atoms. The number of benzene rings is 1. The van der Waals surface area contributed by atoms with E-state index in [0.29, 0.717) is 4.47 Å². The zero-order chi connectivity index (χ0) is 15.0. The molecule has 0 aliphatic heterocycles. The van der Waals surface area contributed by atoms with E-state index in [1.54, 1.807) is 30.5 Å². The summed E-state index contributed by atoms with van der Waals surface area (Å²) >= 11 is 3.30. The maximum absolute atomic E-state index is 12.6. The highest BCUT2D eigenvalue weighted by molar-refractivity contribution is 9.10. The lowest BCUT2D eigenvalue weighted by Crippen LogP contribution is -2.31. The summed E-state index contributed by atoms with van der Waals surface area (Å²) in [6.45, 7) is 0. The summed E-state index contributed by atoms with van der Waals surface area (Å²) in [6, 6.07) is 6.63. The predicted octanol–water partition coefficient (Wildman–Crippen LogP) is 2.54. The molecule has 1 aliphatic rings. The van der Waals surface area contributed by atoms with Gasteiger partial charge in [-0.05, 0) is 47.3 Å². The molecule has 1 aromatic heterocycles. The number of nitrogens with zero attached hydrogens (tertiary/aromatic N) is 2. The van der Waals surface area contributed by atoms with Crippen LogP contribution in [0.2, 0.25) is 0 Å². The van der Waals surface area contributed by atoms with E-state index in [9.17, 15) is 8.42 Å². The van der Waals surface area contributed by atoms with Crippen LogP contribution in [0, 0.1) is 0 Å². The Hall–Kier alpha value is -1.18. The fraction of sp³-hybridized carbons (Fsp3) is 0.357. The van der Waals surface area contributed by atoms with Crippen LogP contribution in [-0.2, 0) is 23.5 Å². The Morgan fingerprint density at radius 2 is 2.14 bits per heavy atom. The zero-order valence-electron chi connectivity index (χ0n) is 11.6. The molecule has 1 atom stereocenters. The zero-order valence-corrected chi connectivity index (χ0v) is 14.0. The number of aromatic nitrogens is 2. The highest BCUT2D eigenvalue weighted by atomic mass is 79.9. The maximum atomic E-state index is 12.6. The van der Waals surface area contributed by atoms with Crippen LogP contribution in [0.25, 0.3) is 0 Å². The van der Waals surface area contributed by atoms with Gasteiger partial charge in [-0.2, -0.15) is 5.10 Å². The molecule has 1 N–H and O–H groups in total. The molecule has 2 aromatic rings. The number of fused-ring (bicyclic) bond motifs is 1. The molecule has 1 unspecified atom stereocenters. The summed E-state index contributed by atoms with van der Waals surface area (Å²) in [7, 11) is -1.67. The van der Waals surface area contributed by atoms with E-state index in [4.69, 9.17) is 0 Å². The van der Waals surface area contributed by atoms with Crippen molar-refractivity contribution in [3.8, 4) is 0 Å². The Morgan fingerprint density at radius 1 is 1.38 bits per heavy atom. The van der Waals surface area contributed by atoms with Gasteiger partial charge in [0.15, 0.2) is 0 Å². The van der Waals surface area contributed by atoms with Gasteiger partial charge < -0.3 is 0 Å². The standard InChI is InChI=1S/C14H16BrN3O2S/c1-18-13-7-4-6-12(10(13)9-16-18)17-21(19,20)14-8-3-2-5-11(14)15/h2-3,5,8-9,12,17H,4,6-7H2,1H3. The van der Waals surface area contributed by atoms with Gasteiger partial charge in [-0.15, -0.1) is 0 Å². The SMILES string of the molecule is Cn1ncc2c1CCCC2NS(=O)(=O)c1ccccc1Br. The van der Waals surface area contributed by atoms with Crippen molar-refractivity contribution in [3.05, 3.63) is 46.2 Å². The lowest BCUT2D eigenvalue weighted by molar-refractivity contribution is 0.498.